The summed E-state index contributed by atoms with van der Waals surface area (Å²) in [6, 6.07) is 6.95. The molecule has 0 bridgehead atoms. The van der Waals surface area contributed by atoms with E-state index in [2.05, 4.69) is 10.5 Å². The van der Waals surface area contributed by atoms with Crippen molar-refractivity contribution >= 4 is 17.7 Å². The lowest BCUT2D eigenvalue weighted by molar-refractivity contribution is -0.132. The van der Waals surface area contributed by atoms with Crippen LogP contribution < -0.4 is 15.0 Å². The Bertz CT molecular complexity index is 851. The van der Waals surface area contributed by atoms with E-state index in [0.717, 1.165) is 6.42 Å². The van der Waals surface area contributed by atoms with Gasteiger partial charge in [-0.25, -0.2) is 4.79 Å². The first kappa shape index (κ1) is 19.7. The number of anilines is 1. The summed E-state index contributed by atoms with van der Waals surface area (Å²) in [6.07, 6.45) is 2.00. The molecule has 1 aromatic carbocycles. The Labute approximate surface area is 163 Å². The van der Waals surface area contributed by atoms with Crippen molar-refractivity contribution in [2.24, 2.45) is 5.41 Å². The Morgan fingerprint density at radius 2 is 1.93 bits per heavy atom. The number of aromatic carboxylic acids is 1. The van der Waals surface area contributed by atoms with Gasteiger partial charge in [-0.15, -0.1) is 0 Å². The van der Waals surface area contributed by atoms with Crippen molar-refractivity contribution in [1.82, 2.24) is 10.5 Å². The highest BCUT2D eigenvalue weighted by Crippen LogP contribution is 2.39. The highest BCUT2D eigenvalue weighted by molar-refractivity contribution is 5.99. The molecular weight excluding hydrogens is 362 g/mol. The van der Waals surface area contributed by atoms with Crippen LogP contribution in [0.15, 0.2) is 28.8 Å². The summed E-state index contributed by atoms with van der Waals surface area (Å²) in [7, 11) is 3.21. The zero-order valence-corrected chi connectivity index (χ0v) is 16.3. The van der Waals surface area contributed by atoms with Crippen LogP contribution in [-0.4, -0.2) is 49.4 Å². The molecule has 0 saturated carbocycles. The summed E-state index contributed by atoms with van der Waals surface area (Å²) < 4.78 is 10.6. The first-order chi connectivity index (χ1) is 13.5. The van der Waals surface area contributed by atoms with E-state index in [-0.39, 0.29) is 17.2 Å². The molecule has 0 spiro atoms. The molecule has 3 rings (SSSR count). The summed E-state index contributed by atoms with van der Waals surface area (Å²) in [6.45, 7) is 3.08. The molecule has 0 aliphatic carbocycles. The number of nitrogens with zero attached hydrogens (tertiary/aromatic N) is 2. The number of carboxylic acids is 1. The van der Waals surface area contributed by atoms with Gasteiger partial charge in [0.05, 0.1) is 12.5 Å². The predicted molar refractivity (Wildman–Crippen MR) is 104 cm³/mol. The van der Waals surface area contributed by atoms with Crippen molar-refractivity contribution in [3.05, 3.63) is 29.8 Å². The highest BCUT2D eigenvalue weighted by Gasteiger charge is 2.41. The van der Waals surface area contributed by atoms with E-state index in [1.165, 1.54) is 0 Å². The fraction of sp³-hybridized carbons (Fsp3) is 0.450. The number of aromatic nitrogens is 1. The summed E-state index contributed by atoms with van der Waals surface area (Å²) >= 11 is 0. The number of hydrogen-bond acceptors (Lipinski definition) is 6. The molecule has 0 atom stereocenters. The van der Waals surface area contributed by atoms with Crippen molar-refractivity contribution in [3.8, 4) is 17.1 Å². The van der Waals surface area contributed by atoms with Crippen LogP contribution in [-0.2, 0) is 4.79 Å². The Hall–Kier alpha value is -3.03. The average molecular weight is 387 g/mol. The number of amides is 1. The van der Waals surface area contributed by atoms with E-state index < -0.39 is 11.4 Å². The third kappa shape index (κ3) is 3.42. The van der Waals surface area contributed by atoms with E-state index in [9.17, 15) is 14.7 Å². The van der Waals surface area contributed by atoms with Gasteiger partial charge in [0.2, 0.25) is 5.91 Å². The van der Waals surface area contributed by atoms with Crippen molar-refractivity contribution < 1.29 is 24.0 Å². The van der Waals surface area contributed by atoms with Gasteiger partial charge in [0, 0.05) is 25.7 Å². The average Bonchev–Trinajstić information content (AvgIpc) is 3.18. The van der Waals surface area contributed by atoms with Gasteiger partial charge < -0.3 is 24.6 Å². The van der Waals surface area contributed by atoms with Gasteiger partial charge in [0.15, 0.2) is 17.1 Å². The number of rotatable bonds is 6. The number of carbonyl (C=O) groups excluding carboxylic acids is 1. The number of carbonyl (C=O) groups is 2. The van der Waals surface area contributed by atoms with Crippen LogP contribution in [0, 0.1) is 5.41 Å². The largest absolute Gasteiger partial charge is 0.497 e. The minimum atomic E-state index is -1.10. The second-order valence-electron chi connectivity index (χ2n) is 6.94. The summed E-state index contributed by atoms with van der Waals surface area (Å²) in [5, 5.41) is 16.6. The topological polar surface area (TPSA) is 105 Å². The Kier molecular flexibility index (Phi) is 5.58. The Balaban J connectivity index is 1.88. The SMILES string of the molecule is CCC1(C(=O)NC)CCN(c2noc(-c3ccc(OC)cc3)c2C(=O)O)CC1. The summed E-state index contributed by atoms with van der Waals surface area (Å²) in [4.78, 5) is 26.2. The van der Waals surface area contributed by atoms with Crippen LogP contribution in [0.5, 0.6) is 5.75 Å². The molecule has 8 heteroatoms. The predicted octanol–water partition coefficient (Wildman–Crippen LogP) is 2.79. The molecule has 2 aromatic rings. The van der Waals surface area contributed by atoms with E-state index in [0.29, 0.717) is 43.1 Å². The molecule has 8 nitrogen and oxygen atoms in total. The third-order valence-corrected chi connectivity index (χ3v) is 5.65. The number of ether oxygens (including phenoxy) is 1. The van der Waals surface area contributed by atoms with Gasteiger partial charge in [-0.1, -0.05) is 12.1 Å². The zero-order valence-electron chi connectivity index (χ0n) is 16.3. The van der Waals surface area contributed by atoms with Crippen molar-refractivity contribution in [3.63, 3.8) is 0 Å². The molecule has 2 N–H and O–H groups in total. The van der Waals surface area contributed by atoms with Crippen LogP contribution in [0.4, 0.5) is 5.82 Å². The smallest absolute Gasteiger partial charge is 0.343 e. The normalized spacial score (nSPS) is 15.9. The number of carboxylic acid groups (broad SMARTS) is 1. The number of hydrogen-bond donors (Lipinski definition) is 2. The Morgan fingerprint density at radius 1 is 1.29 bits per heavy atom. The monoisotopic (exact) mass is 387 g/mol. The minimum Gasteiger partial charge on any atom is -0.497 e. The van der Waals surface area contributed by atoms with Crippen LogP contribution >= 0.6 is 0 Å². The number of piperidine rings is 1. The van der Waals surface area contributed by atoms with Crippen LogP contribution in [0.3, 0.4) is 0 Å². The summed E-state index contributed by atoms with van der Waals surface area (Å²) in [5.74, 6) is 0.123. The molecule has 1 aromatic heterocycles. The van der Waals surface area contributed by atoms with Crippen LogP contribution in [0.25, 0.3) is 11.3 Å². The first-order valence-electron chi connectivity index (χ1n) is 9.30. The van der Waals surface area contributed by atoms with Gasteiger partial charge >= 0.3 is 5.97 Å². The number of benzene rings is 1. The zero-order chi connectivity index (χ0) is 20.3. The quantitative estimate of drug-likeness (QED) is 0.785. The number of nitrogens with one attached hydrogen (secondary N) is 1. The minimum absolute atomic E-state index is 0.0344. The van der Waals surface area contributed by atoms with E-state index in [4.69, 9.17) is 9.26 Å². The van der Waals surface area contributed by atoms with Crippen molar-refractivity contribution in [1.29, 1.82) is 0 Å². The molecule has 2 heterocycles. The maximum absolute atomic E-state index is 12.3. The van der Waals surface area contributed by atoms with Gasteiger partial charge in [0.1, 0.15) is 5.75 Å². The number of methoxy groups -OCH3 is 1. The van der Waals surface area contributed by atoms with E-state index in [1.54, 1.807) is 38.4 Å². The highest BCUT2D eigenvalue weighted by atomic mass is 16.5. The van der Waals surface area contributed by atoms with E-state index in [1.807, 2.05) is 11.8 Å². The second-order valence-corrected chi connectivity index (χ2v) is 6.94. The lowest BCUT2D eigenvalue weighted by Crippen LogP contribution is -2.48. The van der Waals surface area contributed by atoms with Crippen molar-refractivity contribution in [2.45, 2.75) is 26.2 Å². The standard InChI is InChI=1S/C20H25N3O5/c1-4-20(19(26)21-2)9-11-23(12-10-20)17-15(18(24)25)16(28-22-17)13-5-7-14(27-3)8-6-13/h5-8H,4,9-12H2,1-3H3,(H,21,26)(H,24,25). The third-order valence-electron chi connectivity index (χ3n) is 5.65. The maximum Gasteiger partial charge on any atom is 0.343 e. The molecule has 28 heavy (non-hydrogen) atoms. The molecule has 1 fully saturated rings. The Morgan fingerprint density at radius 3 is 2.43 bits per heavy atom. The lowest BCUT2D eigenvalue weighted by atomic mass is 9.75. The van der Waals surface area contributed by atoms with Crippen molar-refractivity contribution in [2.75, 3.05) is 32.1 Å². The molecule has 0 radical (unpaired) electrons. The molecule has 0 unspecified atom stereocenters. The first-order valence-corrected chi connectivity index (χ1v) is 9.30. The fourth-order valence-corrected chi connectivity index (χ4v) is 3.78. The molecule has 1 saturated heterocycles. The van der Waals surface area contributed by atoms with E-state index >= 15 is 0 Å². The molecule has 1 aliphatic rings. The van der Waals surface area contributed by atoms with Crippen LogP contribution in [0.2, 0.25) is 0 Å². The molecule has 1 amide bonds. The summed E-state index contributed by atoms with van der Waals surface area (Å²) in [5.41, 5.74) is 0.230. The van der Waals surface area contributed by atoms with Gasteiger partial charge in [-0.05, 0) is 43.5 Å². The molecular formula is C20H25N3O5. The van der Waals surface area contributed by atoms with Gasteiger partial charge in [0.25, 0.3) is 0 Å². The fourth-order valence-electron chi connectivity index (χ4n) is 3.78. The second kappa shape index (κ2) is 7.92. The van der Waals surface area contributed by atoms with Gasteiger partial charge in [-0.2, -0.15) is 0 Å². The molecule has 150 valence electrons. The van der Waals surface area contributed by atoms with Crippen LogP contribution in [0.1, 0.15) is 36.5 Å². The maximum atomic E-state index is 12.3. The van der Waals surface area contributed by atoms with Gasteiger partial charge in [-0.3, -0.25) is 4.79 Å². The lowest BCUT2D eigenvalue weighted by Gasteiger charge is -2.40. The molecule has 1 aliphatic heterocycles.